The largest absolute Gasteiger partial charge is 0.478 e. The van der Waals surface area contributed by atoms with Gasteiger partial charge in [-0.1, -0.05) is 31.9 Å². The smallest absolute Gasteiger partial charge is 0.337 e. The van der Waals surface area contributed by atoms with Gasteiger partial charge in [-0.2, -0.15) is 0 Å². The van der Waals surface area contributed by atoms with Crippen LogP contribution in [0.2, 0.25) is 0 Å². The van der Waals surface area contributed by atoms with E-state index in [-0.39, 0.29) is 39.6 Å². The van der Waals surface area contributed by atoms with E-state index in [0.29, 0.717) is 8.95 Å². The molecule has 23 heavy (non-hydrogen) atoms. The van der Waals surface area contributed by atoms with E-state index < -0.39 is 11.9 Å². The first kappa shape index (κ1) is 21.5. The molecule has 2 aromatic rings. The van der Waals surface area contributed by atoms with E-state index in [1.807, 2.05) is 0 Å². The van der Waals surface area contributed by atoms with Gasteiger partial charge in [0.1, 0.15) is 0 Å². The van der Waals surface area contributed by atoms with Crippen molar-refractivity contribution in [2.45, 2.75) is 0 Å². The molecule has 0 unspecified atom stereocenters. The van der Waals surface area contributed by atoms with Crippen molar-refractivity contribution in [2.24, 2.45) is 0 Å². The normalized spacial score (nSPS) is 9.13. The van der Waals surface area contributed by atoms with E-state index in [1.165, 1.54) is 12.1 Å². The first-order chi connectivity index (χ1) is 10.2. The summed E-state index contributed by atoms with van der Waals surface area (Å²) in [5.41, 5.74) is 11.6. The third kappa shape index (κ3) is 6.62. The minimum Gasteiger partial charge on any atom is -0.478 e. The Morgan fingerprint density at radius 2 is 1.09 bits per heavy atom. The maximum Gasteiger partial charge on any atom is 0.337 e. The van der Waals surface area contributed by atoms with Gasteiger partial charge in [0.25, 0.3) is 0 Å². The van der Waals surface area contributed by atoms with Crippen molar-refractivity contribution in [3.05, 3.63) is 56.5 Å². The molecule has 0 aromatic heterocycles. The molecule has 127 valence electrons. The molecule has 0 amide bonds. The van der Waals surface area contributed by atoms with Gasteiger partial charge in [0, 0.05) is 37.4 Å². The molecule has 0 atom stereocenters. The molecule has 0 bridgehead atoms. The van der Waals surface area contributed by atoms with E-state index in [0.717, 1.165) is 0 Å². The number of carboxylic acid groups (broad SMARTS) is 2. The number of nitrogen functional groups attached to an aromatic ring is 2. The summed E-state index contributed by atoms with van der Waals surface area (Å²) in [6.45, 7) is 0. The predicted molar refractivity (Wildman–Crippen MR) is 91.0 cm³/mol. The quantitative estimate of drug-likeness (QED) is 0.373. The van der Waals surface area contributed by atoms with Crippen LogP contribution in [-0.2, 0) is 17.1 Å². The van der Waals surface area contributed by atoms with Gasteiger partial charge in [-0.15, -0.1) is 0 Å². The second kappa shape index (κ2) is 9.57. The molecular weight excluding hydrogens is 484 g/mol. The summed E-state index contributed by atoms with van der Waals surface area (Å²) in [5, 5.41) is 17.2. The Bertz CT molecular complexity index is 664. The average molecular weight is 496 g/mol. The molecule has 0 aliphatic carbocycles. The molecule has 0 saturated carbocycles. The van der Waals surface area contributed by atoms with Gasteiger partial charge in [-0.3, -0.25) is 0 Å². The van der Waals surface area contributed by atoms with E-state index in [4.69, 9.17) is 21.7 Å². The van der Waals surface area contributed by atoms with Crippen LogP contribution in [0.1, 0.15) is 20.7 Å². The average Bonchev–Trinajstić information content (AvgIpc) is 2.44. The zero-order valence-corrected chi connectivity index (χ0v) is 15.5. The summed E-state index contributed by atoms with van der Waals surface area (Å²) in [4.78, 5) is 20.9. The molecule has 0 spiro atoms. The van der Waals surface area contributed by atoms with E-state index in [2.05, 4.69) is 31.9 Å². The van der Waals surface area contributed by atoms with Gasteiger partial charge in [-0.05, 0) is 36.4 Å². The Labute approximate surface area is 159 Å². The standard InChI is InChI=1S/2C7H6BrNO2.Cu/c2*8-4-1-2-6(9)5(3-4)7(10)11;/h2*1-3H,9H2,(H,10,11);. The third-order valence-corrected chi connectivity index (χ3v) is 3.48. The fourth-order valence-electron chi connectivity index (χ4n) is 1.43. The molecule has 9 heteroatoms. The number of benzene rings is 2. The SMILES string of the molecule is Nc1ccc(Br)cc1C(=O)O.Nc1ccc(Br)cc1C(=O)O.[Cu]. The topological polar surface area (TPSA) is 127 Å². The van der Waals surface area contributed by atoms with Gasteiger partial charge in [0.2, 0.25) is 0 Å². The number of hydrogen-bond donors (Lipinski definition) is 4. The second-order valence-electron chi connectivity index (χ2n) is 4.07. The molecule has 0 fully saturated rings. The Morgan fingerprint density at radius 1 is 0.783 bits per heavy atom. The molecule has 2 rings (SSSR count). The van der Waals surface area contributed by atoms with Gasteiger partial charge in [0.05, 0.1) is 11.1 Å². The molecular formula is C14H12Br2CuN2O4. The number of nitrogens with two attached hydrogens (primary N) is 2. The Hall–Kier alpha value is -1.54. The van der Waals surface area contributed by atoms with Crippen molar-refractivity contribution in [2.75, 3.05) is 11.5 Å². The summed E-state index contributed by atoms with van der Waals surface area (Å²) in [5.74, 6) is -2.02. The molecule has 0 heterocycles. The molecule has 6 nitrogen and oxygen atoms in total. The number of rotatable bonds is 2. The minimum atomic E-state index is -1.01. The van der Waals surface area contributed by atoms with Crippen LogP contribution in [0.25, 0.3) is 0 Å². The van der Waals surface area contributed by atoms with Gasteiger partial charge in [0.15, 0.2) is 0 Å². The summed E-state index contributed by atoms with van der Waals surface area (Å²) >= 11 is 6.29. The van der Waals surface area contributed by atoms with Crippen molar-refractivity contribution in [1.29, 1.82) is 0 Å². The minimum absolute atomic E-state index is 0. The van der Waals surface area contributed by atoms with Crippen molar-refractivity contribution in [1.82, 2.24) is 0 Å². The zero-order valence-electron chi connectivity index (χ0n) is 11.4. The van der Waals surface area contributed by atoms with Crippen LogP contribution in [0.4, 0.5) is 11.4 Å². The van der Waals surface area contributed by atoms with Gasteiger partial charge in [-0.25, -0.2) is 9.59 Å². The Kier molecular flexibility index (Phi) is 8.92. The van der Waals surface area contributed by atoms with Crippen molar-refractivity contribution in [3.8, 4) is 0 Å². The van der Waals surface area contributed by atoms with E-state index >= 15 is 0 Å². The van der Waals surface area contributed by atoms with Crippen LogP contribution in [-0.4, -0.2) is 22.2 Å². The fourth-order valence-corrected chi connectivity index (χ4v) is 2.15. The van der Waals surface area contributed by atoms with Crippen LogP contribution >= 0.6 is 31.9 Å². The number of aromatic carboxylic acids is 2. The van der Waals surface area contributed by atoms with Crippen LogP contribution in [0, 0.1) is 0 Å². The fraction of sp³-hybridized carbons (Fsp3) is 0. The summed E-state index contributed by atoms with van der Waals surface area (Å²) in [7, 11) is 0. The molecule has 0 saturated heterocycles. The van der Waals surface area contributed by atoms with E-state index in [1.54, 1.807) is 24.3 Å². The molecule has 0 aliphatic heterocycles. The first-order valence-corrected chi connectivity index (χ1v) is 7.37. The van der Waals surface area contributed by atoms with Crippen molar-refractivity contribution in [3.63, 3.8) is 0 Å². The summed E-state index contributed by atoms with van der Waals surface area (Å²) in [6, 6.07) is 9.43. The van der Waals surface area contributed by atoms with Crippen molar-refractivity contribution < 1.29 is 36.9 Å². The third-order valence-electron chi connectivity index (χ3n) is 2.49. The summed E-state index contributed by atoms with van der Waals surface area (Å²) < 4.78 is 1.42. The van der Waals surface area contributed by atoms with Crippen LogP contribution in [0.3, 0.4) is 0 Å². The Balaban J connectivity index is 0.000000403. The molecule has 0 aliphatic rings. The van der Waals surface area contributed by atoms with Crippen molar-refractivity contribution >= 4 is 55.2 Å². The number of halogens is 2. The van der Waals surface area contributed by atoms with E-state index in [9.17, 15) is 9.59 Å². The number of carboxylic acids is 2. The van der Waals surface area contributed by atoms with Crippen LogP contribution < -0.4 is 11.5 Å². The van der Waals surface area contributed by atoms with Crippen LogP contribution in [0.5, 0.6) is 0 Å². The molecule has 1 radical (unpaired) electrons. The monoisotopic (exact) mass is 493 g/mol. The summed E-state index contributed by atoms with van der Waals surface area (Å²) in [6.07, 6.45) is 0. The number of anilines is 2. The second-order valence-corrected chi connectivity index (χ2v) is 5.90. The molecule has 2 aromatic carbocycles. The number of carbonyl (C=O) groups is 2. The van der Waals surface area contributed by atoms with Crippen LogP contribution in [0.15, 0.2) is 45.3 Å². The predicted octanol–water partition coefficient (Wildman–Crippen LogP) is 3.46. The zero-order chi connectivity index (χ0) is 16.9. The first-order valence-electron chi connectivity index (χ1n) is 5.79. The Morgan fingerprint density at radius 3 is 1.30 bits per heavy atom. The number of hydrogen-bond acceptors (Lipinski definition) is 4. The van der Waals surface area contributed by atoms with Gasteiger partial charge >= 0.3 is 11.9 Å². The molecule has 6 N–H and O–H groups in total. The maximum atomic E-state index is 10.5. The van der Waals surface area contributed by atoms with Gasteiger partial charge < -0.3 is 21.7 Å². The maximum absolute atomic E-state index is 10.5.